The molecule has 1 rings (SSSR count). The van der Waals surface area contributed by atoms with Crippen molar-refractivity contribution in [2.24, 2.45) is 5.11 Å². The summed E-state index contributed by atoms with van der Waals surface area (Å²) in [6, 6.07) is 6.43. The maximum atomic E-state index is 9.63. The number of methoxy groups -OCH3 is 1. The number of ether oxygens (including phenoxy) is 2. The molecule has 0 amide bonds. The summed E-state index contributed by atoms with van der Waals surface area (Å²) in [6.07, 6.45) is -1.03. The van der Waals surface area contributed by atoms with E-state index in [9.17, 15) is 5.11 Å². The first-order valence-corrected chi connectivity index (χ1v) is 5.75. The molecule has 0 aliphatic carbocycles. The Morgan fingerprint density at radius 2 is 2.05 bits per heavy atom. The Morgan fingerprint density at radius 1 is 1.37 bits per heavy atom. The molecule has 7 nitrogen and oxygen atoms in total. The van der Waals surface area contributed by atoms with E-state index in [1.54, 1.807) is 7.11 Å². The molecule has 0 fully saturated rings. The van der Waals surface area contributed by atoms with Crippen LogP contribution in [0.3, 0.4) is 0 Å². The molecular weight excluding hydrogens is 250 g/mol. The molecule has 2 atom stereocenters. The zero-order valence-electron chi connectivity index (χ0n) is 10.6. The van der Waals surface area contributed by atoms with Crippen molar-refractivity contribution in [1.29, 1.82) is 0 Å². The van der Waals surface area contributed by atoms with Crippen LogP contribution in [0.25, 0.3) is 10.4 Å². The Balaban J connectivity index is 2.38. The third-order valence-corrected chi connectivity index (χ3v) is 2.55. The topological polar surface area (TPSA) is 108 Å². The maximum Gasteiger partial charge on any atom is 0.118 e. The first-order valence-electron chi connectivity index (χ1n) is 5.75. The Bertz CT molecular complexity index is 417. The van der Waals surface area contributed by atoms with Gasteiger partial charge in [0.15, 0.2) is 0 Å². The highest BCUT2D eigenvalue weighted by molar-refractivity contribution is 5.26. The van der Waals surface area contributed by atoms with E-state index in [1.165, 1.54) is 0 Å². The highest BCUT2D eigenvalue weighted by Crippen LogP contribution is 2.12. The zero-order valence-corrected chi connectivity index (χ0v) is 10.6. The number of aliphatic hydroxyl groups is 2. The number of nitrogens with zero attached hydrogens (tertiary/aromatic N) is 3. The van der Waals surface area contributed by atoms with Gasteiger partial charge in [0.05, 0.1) is 39.1 Å². The summed E-state index contributed by atoms with van der Waals surface area (Å²) in [4.78, 5) is 2.55. The van der Waals surface area contributed by atoms with E-state index in [1.807, 2.05) is 24.3 Å². The highest BCUT2D eigenvalue weighted by Gasteiger charge is 2.16. The lowest BCUT2D eigenvalue weighted by molar-refractivity contribution is 0.00626. The summed E-state index contributed by atoms with van der Waals surface area (Å²) < 4.78 is 10.3. The molecule has 104 valence electrons. The second-order valence-corrected chi connectivity index (χ2v) is 3.89. The molecule has 0 aromatic heterocycles. The van der Waals surface area contributed by atoms with E-state index < -0.39 is 18.8 Å². The van der Waals surface area contributed by atoms with E-state index >= 15 is 0 Å². The van der Waals surface area contributed by atoms with Crippen LogP contribution in [-0.4, -0.2) is 42.7 Å². The Labute approximate surface area is 111 Å². The molecule has 0 heterocycles. The Hall–Kier alpha value is -1.79. The third kappa shape index (κ3) is 5.15. The van der Waals surface area contributed by atoms with Crippen molar-refractivity contribution in [1.82, 2.24) is 0 Å². The summed E-state index contributed by atoms with van der Waals surface area (Å²) in [5.41, 5.74) is 9.18. The van der Waals surface area contributed by atoms with Crippen molar-refractivity contribution in [3.63, 3.8) is 0 Å². The van der Waals surface area contributed by atoms with Crippen molar-refractivity contribution >= 4 is 0 Å². The van der Waals surface area contributed by atoms with Crippen LogP contribution in [0.15, 0.2) is 29.4 Å². The third-order valence-electron chi connectivity index (χ3n) is 2.55. The van der Waals surface area contributed by atoms with Gasteiger partial charge < -0.3 is 19.7 Å². The fourth-order valence-electron chi connectivity index (χ4n) is 1.43. The van der Waals surface area contributed by atoms with Gasteiger partial charge in [-0.15, -0.1) is 0 Å². The smallest absolute Gasteiger partial charge is 0.118 e. The van der Waals surface area contributed by atoms with Gasteiger partial charge in [-0.1, -0.05) is 17.2 Å². The molecule has 2 N–H and O–H groups in total. The first kappa shape index (κ1) is 15.3. The van der Waals surface area contributed by atoms with Gasteiger partial charge in [0.25, 0.3) is 0 Å². The van der Waals surface area contributed by atoms with Crippen LogP contribution in [0.4, 0.5) is 0 Å². The van der Waals surface area contributed by atoms with Gasteiger partial charge >= 0.3 is 0 Å². The minimum atomic E-state index is -1.03. The molecule has 0 bridgehead atoms. The van der Waals surface area contributed by atoms with Crippen LogP contribution >= 0.6 is 0 Å². The van der Waals surface area contributed by atoms with Crippen molar-refractivity contribution in [3.8, 4) is 5.75 Å². The van der Waals surface area contributed by atoms with Gasteiger partial charge in [-0.25, -0.2) is 0 Å². The zero-order chi connectivity index (χ0) is 14.1. The first-order chi connectivity index (χ1) is 9.21. The molecular formula is C12H17N3O4. The van der Waals surface area contributed by atoms with Gasteiger partial charge in [0, 0.05) is 4.91 Å². The minimum absolute atomic E-state index is 0.0176. The molecule has 1 aromatic carbocycles. The van der Waals surface area contributed by atoms with Crippen LogP contribution in [0.5, 0.6) is 5.75 Å². The largest absolute Gasteiger partial charge is 0.497 e. The van der Waals surface area contributed by atoms with Gasteiger partial charge in [-0.2, -0.15) is 0 Å². The Morgan fingerprint density at radius 3 is 2.58 bits per heavy atom. The molecule has 0 saturated heterocycles. The summed E-state index contributed by atoms with van der Waals surface area (Å²) in [5, 5.41) is 21.8. The molecule has 0 unspecified atom stereocenters. The monoisotopic (exact) mass is 267 g/mol. The van der Waals surface area contributed by atoms with Crippen LogP contribution in [-0.2, 0) is 11.3 Å². The SMILES string of the molecule is COc1ccc(COC[C@@H](O)[C@@H](CO)N=[N+]=[N-])cc1. The van der Waals surface area contributed by atoms with Crippen molar-refractivity contribution in [2.45, 2.75) is 18.8 Å². The molecule has 7 heteroatoms. The lowest BCUT2D eigenvalue weighted by Crippen LogP contribution is -2.31. The molecule has 0 radical (unpaired) electrons. The van der Waals surface area contributed by atoms with Gasteiger partial charge in [-0.05, 0) is 23.2 Å². The number of azide groups is 1. The maximum absolute atomic E-state index is 9.63. The summed E-state index contributed by atoms with van der Waals surface area (Å²) in [5.74, 6) is 0.757. The average Bonchev–Trinajstić information content (AvgIpc) is 2.45. The molecule has 0 aliphatic rings. The summed E-state index contributed by atoms with van der Waals surface area (Å²) >= 11 is 0. The molecule has 0 aliphatic heterocycles. The summed E-state index contributed by atoms with van der Waals surface area (Å²) in [6.45, 7) is -0.122. The van der Waals surface area contributed by atoms with Gasteiger partial charge in [0.1, 0.15) is 5.75 Å². The van der Waals surface area contributed by atoms with Crippen LogP contribution in [0.2, 0.25) is 0 Å². The molecule has 0 saturated carbocycles. The predicted octanol–water partition coefficient (Wildman–Crippen LogP) is 1.24. The van der Waals surface area contributed by atoms with E-state index in [0.717, 1.165) is 11.3 Å². The second-order valence-electron chi connectivity index (χ2n) is 3.89. The molecule has 1 aromatic rings. The van der Waals surface area contributed by atoms with E-state index in [2.05, 4.69) is 10.0 Å². The Kier molecular flexibility index (Phi) is 6.70. The predicted molar refractivity (Wildman–Crippen MR) is 68.7 cm³/mol. The van der Waals surface area contributed by atoms with E-state index in [-0.39, 0.29) is 6.61 Å². The van der Waals surface area contributed by atoms with Crippen molar-refractivity contribution < 1.29 is 19.7 Å². The number of hydrogen-bond acceptors (Lipinski definition) is 5. The van der Waals surface area contributed by atoms with Gasteiger partial charge in [0.2, 0.25) is 0 Å². The van der Waals surface area contributed by atoms with Crippen LogP contribution < -0.4 is 4.74 Å². The molecule has 19 heavy (non-hydrogen) atoms. The number of rotatable bonds is 8. The average molecular weight is 267 g/mol. The standard InChI is InChI=1S/C12H17N3O4/c1-18-10-4-2-9(3-5-10)7-19-8-12(17)11(6-16)14-15-13/h2-5,11-12,16-17H,6-8H2,1H3/t11-,12-/m1/s1. The fraction of sp³-hybridized carbons (Fsp3) is 0.500. The number of hydrogen-bond donors (Lipinski definition) is 2. The number of benzene rings is 1. The lowest BCUT2D eigenvalue weighted by Gasteiger charge is -2.16. The van der Waals surface area contributed by atoms with E-state index in [4.69, 9.17) is 20.1 Å². The van der Waals surface area contributed by atoms with Gasteiger partial charge in [-0.3, -0.25) is 0 Å². The van der Waals surface area contributed by atoms with Crippen molar-refractivity contribution in [3.05, 3.63) is 40.3 Å². The van der Waals surface area contributed by atoms with E-state index in [0.29, 0.717) is 6.61 Å². The second kappa shape index (κ2) is 8.34. The summed E-state index contributed by atoms with van der Waals surface area (Å²) in [7, 11) is 1.59. The number of aliphatic hydroxyl groups excluding tert-OH is 2. The quantitative estimate of drug-likeness (QED) is 0.419. The van der Waals surface area contributed by atoms with Crippen molar-refractivity contribution in [2.75, 3.05) is 20.3 Å². The fourth-order valence-corrected chi connectivity index (χ4v) is 1.43. The highest BCUT2D eigenvalue weighted by atomic mass is 16.5. The van der Waals surface area contributed by atoms with Crippen LogP contribution in [0.1, 0.15) is 5.56 Å². The minimum Gasteiger partial charge on any atom is -0.497 e. The lowest BCUT2D eigenvalue weighted by atomic mass is 10.2. The van der Waals surface area contributed by atoms with Crippen LogP contribution in [0, 0.1) is 0 Å². The normalized spacial score (nSPS) is 13.4. The molecule has 0 spiro atoms.